The van der Waals surface area contributed by atoms with Crippen LogP contribution >= 0.6 is 0 Å². The topological polar surface area (TPSA) is 30.3 Å². The summed E-state index contributed by atoms with van der Waals surface area (Å²) < 4.78 is 0. The first-order valence-electron chi connectivity index (χ1n) is 3.18. The summed E-state index contributed by atoms with van der Waals surface area (Å²) in [4.78, 5) is 4.41. The zero-order valence-electron chi connectivity index (χ0n) is 6.74. The van der Waals surface area contributed by atoms with Gasteiger partial charge in [-0.1, -0.05) is 0 Å². The Balaban J connectivity index is 0. The van der Waals surface area contributed by atoms with Crippen LogP contribution in [0.3, 0.4) is 0 Å². The molecule has 0 saturated carbocycles. The smallest absolute Gasteiger partial charge is 0.0890 e. The molecule has 1 aliphatic rings. The normalized spacial score (nSPS) is 13.5. The van der Waals surface area contributed by atoms with Crippen LogP contribution in [0.15, 0.2) is 12.4 Å². The first-order chi connectivity index (χ1) is 4.83. The molecule has 1 radical (unpaired) electrons. The van der Waals surface area contributed by atoms with Gasteiger partial charge in [0, 0.05) is 42.8 Å². The molecule has 0 unspecified atom stereocenters. The predicted octanol–water partition coefficient (Wildman–Crippen LogP) is 0.776. The number of rotatable bonds is 1. The Morgan fingerprint density at radius 2 is 2.00 bits per heavy atom. The largest absolute Gasteiger partial charge is 0.512 e. The Morgan fingerprint density at radius 1 is 1.45 bits per heavy atom. The van der Waals surface area contributed by atoms with E-state index in [0.29, 0.717) is 0 Å². The van der Waals surface area contributed by atoms with Gasteiger partial charge in [0.05, 0.1) is 6.67 Å². The molecule has 11 heavy (non-hydrogen) atoms. The maximum Gasteiger partial charge on any atom is 0.0890 e. The van der Waals surface area contributed by atoms with Gasteiger partial charge >= 0.3 is 0 Å². The molecule has 0 aromatic carbocycles. The van der Waals surface area contributed by atoms with Crippen molar-refractivity contribution in [2.75, 3.05) is 20.3 Å². The average molecular weight is 197 g/mol. The zero-order chi connectivity index (χ0) is 7.98. The number of nitrogens with zero attached hydrogens (tertiary/aromatic N) is 3. The average Bonchev–Trinajstić information content (AvgIpc) is 2.40. The van der Waals surface area contributed by atoms with Gasteiger partial charge in [-0.25, -0.2) is 0 Å². The Kier molecular flexibility index (Phi) is 8.77. The standard InChI is InChI=1S/C6H12N2.CN.Co/c1-3-8-5-4-7(2)6-8;1-2;/h4-5H,3,6H2,1-2H3;;/q;-1;. The molecule has 1 aliphatic heterocycles. The summed E-state index contributed by atoms with van der Waals surface area (Å²) in [5.41, 5.74) is 0. The molecule has 65 valence electrons. The van der Waals surface area contributed by atoms with Crippen molar-refractivity contribution >= 4 is 0 Å². The van der Waals surface area contributed by atoms with Crippen molar-refractivity contribution in [3.8, 4) is 0 Å². The summed E-state index contributed by atoms with van der Waals surface area (Å²) in [5, 5.41) is 6.25. The molecular formula is C7H12CoN3-. The summed E-state index contributed by atoms with van der Waals surface area (Å²) in [5.74, 6) is 0. The third-order valence-electron chi connectivity index (χ3n) is 1.34. The molecule has 0 aromatic heterocycles. The van der Waals surface area contributed by atoms with Crippen LogP contribution in [0.25, 0.3) is 0 Å². The monoisotopic (exact) mass is 197 g/mol. The first kappa shape index (κ1) is 13.0. The van der Waals surface area contributed by atoms with Gasteiger partial charge in [0.2, 0.25) is 0 Å². The quantitative estimate of drug-likeness (QED) is 0.582. The van der Waals surface area contributed by atoms with Gasteiger partial charge in [0.25, 0.3) is 0 Å². The summed E-state index contributed by atoms with van der Waals surface area (Å²) >= 11 is 0. The van der Waals surface area contributed by atoms with Crippen LogP contribution < -0.4 is 0 Å². The second kappa shape index (κ2) is 7.44. The van der Waals surface area contributed by atoms with E-state index in [1.807, 2.05) is 0 Å². The van der Waals surface area contributed by atoms with Crippen LogP contribution in [-0.2, 0) is 16.8 Å². The molecule has 4 heteroatoms. The Morgan fingerprint density at radius 3 is 2.18 bits per heavy atom. The second-order valence-corrected chi connectivity index (χ2v) is 2.10. The van der Waals surface area contributed by atoms with E-state index >= 15 is 0 Å². The first-order valence-corrected chi connectivity index (χ1v) is 3.18. The third kappa shape index (κ3) is 4.70. The predicted molar refractivity (Wildman–Crippen MR) is 39.1 cm³/mol. The van der Waals surface area contributed by atoms with Gasteiger partial charge < -0.3 is 21.6 Å². The third-order valence-corrected chi connectivity index (χ3v) is 1.34. The van der Waals surface area contributed by atoms with E-state index < -0.39 is 0 Å². The molecular weight excluding hydrogens is 185 g/mol. The van der Waals surface area contributed by atoms with Crippen LogP contribution in [0.2, 0.25) is 0 Å². The van der Waals surface area contributed by atoms with Gasteiger partial charge in [-0.05, 0) is 6.92 Å². The molecule has 0 fully saturated rings. The van der Waals surface area contributed by atoms with Crippen molar-refractivity contribution in [3.05, 3.63) is 19.0 Å². The van der Waals surface area contributed by atoms with Crippen molar-refractivity contribution < 1.29 is 16.8 Å². The Labute approximate surface area is 78.5 Å². The minimum absolute atomic E-state index is 0. The molecule has 0 spiro atoms. The Hall–Kier alpha value is -0.664. The molecule has 0 atom stereocenters. The van der Waals surface area contributed by atoms with E-state index in [4.69, 9.17) is 11.8 Å². The van der Waals surface area contributed by atoms with E-state index in [1.54, 1.807) is 0 Å². The van der Waals surface area contributed by atoms with E-state index in [0.717, 1.165) is 13.2 Å². The molecule has 0 aliphatic carbocycles. The van der Waals surface area contributed by atoms with Gasteiger partial charge in [-0.3, -0.25) is 0 Å². The fraction of sp³-hybridized carbons (Fsp3) is 0.571. The van der Waals surface area contributed by atoms with E-state index in [9.17, 15) is 0 Å². The molecule has 3 nitrogen and oxygen atoms in total. The van der Waals surface area contributed by atoms with Crippen LogP contribution in [0.5, 0.6) is 0 Å². The van der Waals surface area contributed by atoms with Crippen molar-refractivity contribution in [1.82, 2.24) is 9.80 Å². The minimum Gasteiger partial charge on any atom is -0.512 e. The molecule has 1 heterocycles. The minimum atomic E-state index is 0. The Bertz CT molecular complexity index is 133. The van der Waals surface area contributed by atoms with Crippen molar-refractivity contribution in [3.63, 3.8) is 0 Å². The SMILES string of the molecule is CCN1C=CN(C)C1.[C-]#N.[Co]. The fourth-order valence-electron chi connectivity index (χ4n) is 0.794. The van der Waals surface area contributed by atoms with E-state index in [2.05, 4.69) is 36.2 Å². The van der Waals surface area contributed by atoms with Crippen molar-refractivity contribution in [2.24, 2.45) is 0 Å². The molecule has 0 aromatic rings. The van der Waals surface area contributed by atoms with Gasteiger partial charge in [-0.15, -0.1) is 0 Å². The van der Waals surface area contributed by atoms with Crippen LogP contribution in [0, 0.1) is 11.8 Å². The summed E-state index contributed by atoms with van der Waals surface area (Å²) in [6, 6.07) is 0. The van der Waals surface area contributed by atoms with Gasteiger partial charge in [0.15, 0.2) is 0 Å². The van der Waals surface area contributed by atoms with Crippen LogP contribution in [0.1, 0.15) is 6.92 Å². The fourth-order valence-corrected chi connectivity index (χ4v) is 0.794. The van der Waals surface area contributed by atoms with Crippen molar-refractivity contribution in [1.29, 1.82) is 5.26 Å². The zero-order valence-corrected chi connectivity index (χ0v) is 7.78. The molecule has 0 N–H and O–H groups in total. The van der Waals surface area contributed by atoms with Crippen LogP contribution in [0.4, 0.5) is 0 Å². The maximum absolute atomic E-state index is 6.25. The van der Waals surface area contributed by atoms with Crippen molar-refractivity contribution in [2.45, 2.75) is 6.92 Å². The maximum atomic E-state index is 6.25. The second-order valence-electron chi connectivity index (χ2n) is 2.10. The van der Waals surface area contributed by atoms with E-state index in [1.165, 1.54) is 0 Å². The van der Waals surface area contributed by atoms with E-state index in [-0.39, 0.29) is 16.8 Å². The summed E-state index contributed by atoms with van der Waals surface area (Å²) in [6.07, 6.45) is 4.20. The number of hydrogen-bond acceptors (Lipinski definition) is 3. The molecule has 0 bridgehead atoms. The summed E-state index contributed by atoms with van der Waals surface area (Å²) in [7, 11) is 2.08. The molecule has 0 saturated heterocycles. The molecule has 0 amide bonds. The molecule has 1 rings (SSSR count). The summed E-state index contributed by atoms with van der Waals surface area (Å²) in [6.45, 7) is 9.07. The van der Waals surface area contributed by atoms with Gasteiger partial charge in [-0.2, -0.15) is 0 Å². The van der Waals surface area contributed by atoms with Gasteiger partial charge in [0.1, 0.15) is 0 Å². The number of hydrogen-bond donors (Lipinski definition) is 0. The van der Waals surface area contributed by atoms with Crippen LogP contribution in [-0.4, -0.2) is 30.1 Å².